The van der Waals surface area contributed by atoms with Crippen molar-refractivity contribution in [2.45, 2.75) is 188 Å². The molecule has 0 bridgehead atoms. The quantitative estimate of drug-likeness (QED) is 0.129. The van der Waals surface area contributed by atoms with Crippen molar-refractivity contribution >= 4 is 0 Å². The van der Waals surface area contributed by atoms with Crippen molar-refractivity contribution in [3.8, 4) is 0 Å². The highest BCUT2D eigenvalue weighted by molar-refractivity contribution is 4.67. The van der Waals surface area contributed by atoms with Crippen LogP contribution in [0.4, 0.5) is 0 Å². The molecule has 0 spiro atoms. The molecule has 1 heteroatoms. The van der Waals surface area contributed by atoms with E-state index in [9.17, 15) is 5.11 Å². The average molecular weight is 453 g/mol. The first-order valence-corrected chi connectivity index (χ1v) is 15.3. The van der Waals surface area contributed by atoms with Crippen LogP contribution in [0.2, 0.25) is 0 Å². The summed E-state index contributed by atoms with van der Waals surface area (Å²) in [6.07, 6.45) is 33.4. The monoisotopic (exact) mass is 452 g/mol. The largest absolute Gasteiger partial charge is 0.393 e. The summed E-state index contributed by atoms with van der Waals surface area (Å²) in [6, 6.07) is 0. The van der Waals surface area contributed by atoms with Gasteiger partial charge in [0.25, 0.3) is 0 Å². The van der Waals surface area contributed by atoms with E-state index in [0.717, 1.165) is 18.3 Å². The van der Waals surface area contributed by atoms with E-state index in [0.29, 0.717) is 0 Å². The SMILES string of the molecule is CCCCCCCCCCCCC[C@@H](C)CC(CCCCCCCCCCC)C[C@H](C)O. The highest BCUT2D eigenvalue weighted by Crippen LogP contribution is 2.27. The van der Waals surface area contributed by atoms with Gasteiger partial charge in [0.15, 0.2) is 0 Å². The van der Waals surface area contributed by atoms with Crippen LogP contribution in [0.5, 0.6) is 0 Å². The van der Waals surface area contributed by atoms with Crippen molar-refractivity contribution in [1.29, 1.82) is 0 Å². The molecule has 194 valence electrons. The number of unbranched alkanes of at least 4 members (excludes halogenated alkanes) is 18. The Balaban J connectivity index is 3.69. The van der Waals surface area contributed by atoms with E-state index in [-0.39, 0.29) is 6.10 Å². The molecule has 1 unspecified atom stereocenters. The van der Waals surface area contributed by atoms with Crippen molar-refractivity contribution in [2.75, 3.05) is 0 Å². The zero-order chi connectivity index (χ0) is 23.7. The summed E-state index contributed by atoms with van der Waals surface area (Å²) >= 11 is 0. The Morgan fingerprint density at radius 2 is 0.781 bits per heavy atom. The maximum Gasteiger partial charge on any atom is 0.0514 e. The molecule has 32 heavy (non-hydrogen) atoms. The molecule has 0 rings (SSSR count). The lowest BCUT2D eigenvalue weighted by atomic mass is 9.85. The molecule has 1 N–H and O–H groups in total. The molecule has 0 fully saturated rings. The zero-order valence-electron chi connectivity index (χ0n) is 23.1. The van der Waals surface area contributed by atoms with E-state index in [4.69, 9.17) is 0 Å². The summed E-state index contributed by atoms with van der Waals surface area (Å²) in [6.45, 7) is 9.04. The summed E-state index contributed by atoms with van der Waals surface area (Å²) in [5, 5.41) is 9.96. The first-order chi connectivity index (χ1) is 15.6. The van der Waals surface area contributed by atoms with Gasteiger partial charge in [-0.3, -0.25) is 0 Å². The lowest BCUT2D eigenvalue weighted by Crippen LogP contribution is -2.13. The van der Waals surface area contributed by atoms with Crippen LogP contribution in [-0.2, 0) is 0 Å². The Morgan fingerprint density at radius 1 is 0.438 bits per heavy atom. The van der Waals surface area contributed by atoms with Crippen molar-refractivity contribution < 1.29 is 5.11 Å². The van der Waals surface area contributed by atoms with Crippen LogP contribution in [0, 0.1) is 11.8 Å². The fourth-order valence-electron chi connectivity index (χ4n) is 5.40. The van der Waals surface area contributed by atoms with Gasteiger partial charge in [0.1, 0.15) is 0 Å². The molecule has 0 saturated carbocycles. The van der Waals surface area contributed by atoms with Crippen LogP contribution in [0.25, 0.3) is 0 Å². The number of rotatable bonds is 26. The Morgan fingerprint density at radius 3 is 1.16 bits per heavy atom. The standard InChI is InChI=1S/C31H64O/c1-5-7-9-11-13-15-16-18-19-21-23-25-29(3)27-31(28-30(4)32)26-24-22-20-17-14-12-10-8-6-2/h29-32H,5-28H2,1-4H3/t29-,30+,31?/m1/s1. The molecule has 0 amide bonds. The molecule has 0 heterocycles. The van der Waals surface area contributed by atoms with Gasteiger partial charge >= 0.3 is 0 Å². The van der Waals surface area contributed by atoms with Gasteiger partial charge in [0.05, 0.1) is 6.10 Å². The highest BCUT2D eigenvalue weighted by Gasteiger charge is 2.15. The first-order valence-electron chi connectivity index (χ1n) is 15.3. The van der Waals surface area contributed by atoms with E-state index in [2.05, 4.69) is 20.8 Å². The third-order valence-electron chi connectivity index (χ3n) is 7.43. The minimum absolute atomic E-state index is 0.132. The first kappa shape index (κ1) is 32.0. The molecule has 0 aliphatic heterocycles. The van der Waals surface area contributed by atoms with E-state index in [1.54, 1.807) is 0 Å². The second-order valence-corrected chi connectivity index (χ2v) is 11.2. The number of aliphatic hydroxyl groups excluding tert-OH is 1. The van der Waals surface area contributed by atoms with Crippen LogP contribution in [0.15, 0.2) is 0 Å². The molecule has 0 aromatic rings. The Labute approximate surface area is 204 Å². The molecule has 0 saturated heterocycles. The van der Waals surface area contributed by atoms with Crippen molar-refractivity contribution in [2.24, 2.45) is 11.8 Å². The number of aliphatic hydroxyl groups is 1. The fourth-order valence-corrected chi connectivity index (χ4v) is 5.40. The van der Waals surface area contributed by atoms with Crippen LogP contribution in [-0.4, -0.2) is 11.2 Å². The minimum Gasteiger partial charge on any atom is -0.393 e. The molecule has 0 aliphatic rings. The number of hydrogen-bond acceptors (Lipinski definition) is 1. The van der Waals surface area contributed by atoms with Gasteiger partial charge in [0, 0.05) is 0 Å². The molecular weight excluding hydrogens is 388 g/mol. The maximum atomic E-state index is 9.96. The topological polar surface area (TPSA) is 20.2 Å². The summed E-state index contributed by atoms with van der Waals surface area (Å²) in [7, 11) is 0. The molecule has 1 nitrogen and oxygen atoms in total. The lowest BCUT2D eigenvalue weighted by molar-refractivity contribution is 0.146. The second kappa shape index (κ2) is 25.6. The Bertz CT molecular complexity index is 337. The van der Waals surface area contributed by atoms with Gasteiger partial charge in [0.2, 0.25) is 0 Å². The Kier molecular flexibility index (Phi) is 25.5. The highest BCUT2D eigenvalue weighted by atomic mass is 16.3. The van der Waals surface area contributed by atoms with Gasteiger partial charge in [-0.1, -0.05) is 162 Å². The number of hydrogen-bond donors (Lipinski definition) is 1. The van der Waals surface area contributed by atoms with E-state index < -0.39 is 0 Å². The van der Waals surface area contributed by atoms with Crippen LogP contribution < -0.4 is 0 Å². The second-order valence-electron chi connectivity index (χ2n) is 11.2. The predicted molar refractivity (Wildman–Crippen MR) is 146 cm³/mol. The van der Waals surface area contributed by atoms with E-state index in [1.165, 1.54) is 148 Å². The molecule has 0 aliphatic carbocycles. The molecule has 0 radical (unpaired) electrons. The van der Waals surface area contributed by atoms with Crippen LogP contribution >= 0.6 is 0 Å². The lowest BCUT2D eigenvalue weighted by Gasteiger charge is -2.22. The fraction of sp³-hybridized carbons (Fsp3) is 1.00. The molecule has 3 atom stereocenters. The third-order valence-corrected chi connectivity index (χ3v) is 7.43. The summed E-state index contributed by atoms with van der Waals surface area (Å²) < 4.78 is 0. The zero-order valence-corrected chi connectivity index (χ0v) is 23.1. The molecule has 0 aromatic heterocycles. The van der Waals surface area contributed by atoms with Gasteiger partial charge in [-0.25, -0.2) is 0 Å². The van der Waals surface area contributed by atoms with Crippen LogP contribution in [0.3, 0.4) is 0 Å². The summed E-state index contributed by atoms with van der Waals surface area (Å²) in [4.78, 5) is 0. The minimum atomic E-state index is -0.132. The predicted octanol–water partition coefficient (Wildman–Crippen LogP) is 11.0. The van der Waals surface area contributed by atoms with Gasteiger partial charge in [-0.05, 0) is 31.6 Å². The van der Waals surface area contributed by atoms with Crippen molar-refractivity contribution in [3.05, 3.63) is 0 Å². The van der Waals surface area contributed by atoms with Crippen molar-refractivity contribution in [3.63, 3.8) is 0 Å². The molecular formula is C31H64O. The van der Waals surface area contributed by atoms with Crippen molar-refractivity contribution in [1.82, 2.24) is 0 Å². The normalized spacial score (nSPS) is 14.5. The smallest absolute Gasteiger partial charge is 0.0514 e. The maximum absolute atomic E-state index is 9.96. The Hall–Kier alpha value is -0.0400. The molecule has 0 aromatic carbocycles. The van der Waals surface area contributed by atoms with E-state index in [1.807, 2.05) is 6.92 Å². The summed E-state index contributed by atoms with van der Waals surface area (Å²) in [5.41, 5.74) is 0. The third kappa shape index (κ3) is 24.6. The average Bonchev–Trinajstić information content (AvgIpc) is 2.75. The van der Waals surface area contributed by atoms with Gasteiger partial charge in [-0.15, -0.1) is 0 Å². The van der Waals surface area contributed by atoms with E-state index >= 15 is 0 Å². The van der Waals surface area contributed by atoms with Gasteiger partial charge < -0.3 is 5.11 Å². The van der Waals surface area contributed by atoms with Crippen LogP contribution in [0.1, 0.15) is 182 Å². The van der Waals surface area contributed by atoms with Gasteiger partial charge in [-0.2, -0.15) is 0 Å². The summed E-state index contributed by atoms with van der Waals surface area (Å²) in [5.74, 6) is 1.57.